The molecule has 3 N–H and O–H groups in total. The number of amides is 1. The van der Waals surface area contributed by atoms with Gasteiger partial charge < -0.3 is 20.6 Å². The van der Waals surface area contributed by atoms with Crippen LogP contribution in [0.2, 0.25) is 5.02 Å². The minimum atomic E-state index is -0.820. The van der Waals surface area contributed by atoms with Gasteiger partial charge in [-0.15, -0.1) is 0 Å². The third-order valence-corrected chi connectivity index (χ3v) is 5.48. The van der Waals surface area contributed by atoms with E-state index in [9.17, 15) is 9.90 Å². The van der Waals surface area contributed by atoms with Gasteiger partial charge in [0, 0.05) is 32.5 Å². The average Bonchev–Trinajstić information content (AvgIpc) is 2.72. The summed E-state index contributed by atoms with van der Waals surface area (Å²) in [5.41, 5.74) is 0.319. The number of aliphatic hydroxyl groups is 1. The van der Waals surface area contributed by atoms with Crippen molar-refractivity contribution in [3.8, 4) is 0 Å². The SMILES string of the molecule is CNc1nccc(N(C)c2ccc(Cl)c(C(=O)NCC3(O)CCCCC3)c2)n1. The van der Waals surface area contributed by atoms with Crippen LogP contribution in [0.4, 0.5) is 17.5 Å². The lowest BCUT2D eigenvalue weighted by Gasteiger charge is -2.32. The van der Waals surface area contributed by atoms with Crippen molar-refractivity contribution < 1.29 is 9.90 Å². The maximum absolute atomic E-state index is 12.7. The lowest BCUT2D eigenvalue weighted by molar-refractivity contribution is 0.00526. The molecular formula is C20H26ClN5O2. The van der Waals surface area contributed by atoms with Crippen LogP contribution >= 0.6 is 11.6 Å². The number of rotatable bonds is 6. The largest absolute Gasteiger partial charge is 0.388 e. The molecule has 0 bridgehead atoms. The van der Waals surface area contributed by atoms with E-state index in [1.807, 2.05) is 18.0 Å². The zero-order valence-electron chi connectivity index (χ0n) is 16.2. The monoisotopic (exact) mass is 403 g/mol. The molecule has 1 aromatic heterocycles. The van der Waals surface area contributed by atoms with Gasteiger partial charge in [-0.3, -0.25) is 4.79 Å². The van der Waals surface area contributed by atoms with Gasteiger partial charge >= 0.3 is 0 Å². The van der Waals surface area contributed by atoms with Crippen LogP contribution in [0.5, 0.6) is 0 Å². The highest BCUT2D eigenvalue weighted by Crippen LogP contribution is 2.29. The van der Waals surface area contributed by atoms with Crippen LogP contribution in [-0.4, -0.2) is 47.2 Å². The first-order valence-corrected chi connectivity index (χ1v) is 9.84. The van der Waals surface area contributed by atoms with Crippen molar-refractivity contribution >= 4 is 35.0 Å². The predicted molar refractivity (Wildman–Crippen MR) is 111 cm³/mol. The van der Waals surface area contributed by atoms with Gasteiger partial charge in [-0.05, 0) is 37.1 Å². The molecule has 0 radical (unpaired) electrons. The Morgan fingerprint density at radius 2 is 2.04 bits per heavy atom. The summed E-state index contributed by atoms with van der Waals surface area (Å²) >= 11 is 6.27. The van der Waals surface area contributed by atoms with Gasteiger partial charge in [-0.2, -0.15) is 4.98 Å². The highest BCUT2D eigenvalue weighted by molar-refractivity contribution is 6.34. The second kappa shape index (κ2) is 8.75. The number of nitrogens with one attached hydrogen (secondary N) is 2. The molecule has 0 aliphatic heterocycles. The first-order chi connectivity index (χ1) is 13.4. The maximum atomic E-state index is 12.7. The van der Waals surface area contributed by atoms with Crippen LogP contribution < -0.4 is 15.5 Å². The van der Waals surface area contributed by atoms with E-state index in [0.29, 0.717) is 35.2 Å². The van der Waals surface area contributed by atoms with E-state index >= 15 is 0 Å². The van der Waals surface area contributed by atoms with Gasteiger partial charge in [-0.1, -0.05) is 30.9 Å². The molecule has 1 fully saturated rings. The molecule has 28 heavy (non-hydrogen) atoms. The van der Waals surface area contributed by atoms with E-state index in [0.717, 1.165) is 24.9 Å². The van der Waals surface area contributed by atoms with Crippen molar-refractivity contribution in [1.29, 1.82) is 0 Å². The quantitative estimate of drug-likeness (QED) is 0.685. The Kier molecular flexibility index (Phi) is 6.36. The molecule has 0 saturated heterocycles. The lowest BCUT2D eigenvalue weighted by Crippen LogP contribution is -2.44. The topological polar surface area (TPSA) is 90.4 Å². The van der Waals surface area contributed by atoms with Gasteiger partial charge in [0.15, 0.2) is 0 Å². The molecule has 7 nitrogen and oxygen atoms in total. The number of halogens is 1. The Morgan fingerprint density at radius 3 is 2.75 bits per heavy atom. The van der Waals surface area contributed by atoms with Crippen LogP contribution in [0.15, 0.2) is 30.5 Å². The summed E-state index contributed by atoms with van der Waals surface area (Å²) in [5.74, 6) is 0.902. The number of benzene rings is 1. The van der Waals surface area contributed by atoms with Crippen LogP contribution in [0.1, 0.15) is 42.5 Å². The molecule has 0 unspecified atom stereocenters. The summed E-state index contributed by atoms with van der Waals surface area (Å²) in [5, 5.41) is 16.7. The first kappa shape index (κ1) is 20.4. The number of hydrogen-bond donors (Lipinski definition) is 3. The zero-order valence-corrected chi connectivity index (χ0v) is 17.0. The molecule has 1 heterocycles. The minimum Gasteiger partial charge on any atom is -0.388 e. The second-order valence-corrected chi connectivity index (χ2v) is 7.59. The van der Waals surface area contributed by atoms with Gasteiger partial charge in [0.1, 0.15) is 5.82 Å². The standard InChI is InChI=1S/C20H26ClN5O2/c1-22-19-23-11-8-17(25-19)26(2)14-6-7-16(21)15(12-14)18(27)24-13-20(28)9-4-3-5-10-20/h6-8,11-12,28H,3-5,9-10,13H2,1-2H3,(H,24,27)(H,22,23,25). The molecule has 1 aliphatic carbocycles. The van der Waals surface area contributed by atoms with Crippen molar-refractivity contribution in [1.82, 2.24) is 15.3 Å². The lowest BCUT2D eigenvalue weighted by atomic mass is 9.85. The van der Waals surface area contributed by atoms with Gasteiger partial charge in [0.05, 0.1) is 16.2 Å². The molecule has 3 rings (SSSR count). The van der Waals surface area contributed by atoms with E-state index in [4.69, 9.17) is 11.6 Å². The first-order valence-electron chi connectivity index (χ1n) is 9.46. The Morgan fingerprint density at radius 1 is 1.29 bits per heavy atom. The molecule has 1 aromatic carbocycles. The fourth-order valence-corrected chi connectivity index (χ4v) is 3.61. The zero-order chi connectivity index (χ0) is 20.1. The summed E-state index contributed by atoms with van der Waals surface area (Å²) in [6.45, 7) is 0.236. The number of aromatic nitrogens is 2. The van der Waals surface area contributed by atoms with Crippen LogP contribution in [0.3, 0.4) is 0 Å². The molecule has 8 heteroatoms. The number of anilines is 3. The highest BCUT2D eigenvalue weighted by Gasteiger charge is 2.29. The van der Waals surface area contributed by atoms with E-state index in [2.05, 4.69) is 20.6 Å². The molecule has 1 aliphatic rings. The second-order valence-electron chi connectivity index (χ2n) is 7.18. The third kappa shape index (κ3) is 4.72. The smallest absolute Gasteiger partial charge is 0.252 e. The molecule has 1 amide bonds. The van der Waals surface area contributed by atoms with E-state index in [-0.39, 0.29) is 12.5 Å². The minimum absolute atomic E-state index is 0.236. The predicted octanol–water partition coefficient (Wildman–Crippen LogP) is 3.36. The summed E-state index contributed by atoms with van der Waals surface area (Å²) in [7, 11) is 3.61. The van der Waals surface area contributed by atoms with Crippen LogP contribution in [0.25, 0.3) is 0 Å². The van der Waals surface area contributed by atoms with Crippen molar-refractivity contribution in [3.63, 3.8) is 0 Å². The molecular weight excluding hydrogens is 378 g/mol. The fraction of sp³-hybridized carbons (Fsp3) is 0.450. The Hall–Kier alpha value is -2.38. The van der Waals surface area contributed by atoms with Crippen molar-refractivity contribution in [2.75, 3.05) is 30.9 Å². The summed E-state index contributed by atoms with van der Waals surface area (Å²) < 4.78 is 0. The Balaban J connectivity index is 1.75. The van der Waals surface area contributed by atoms with Crippen LogP contribution in [0, 0.1) is 0 Å². The fourth-order valence-electron chi connectivity index (χ4n) is 3.41. The summed E-state index contributed by atoms with van der Waals surface area (Å²) in [4.78, 5) is 23.1. The molecule has 0 atom stereocenters. The number of hydrogen-bond acceptors (Lipinski definition) is 6. The van der Waals surface area contributed by atoms with Crippen molar-refractivity contribution in [2.45, 2.75) is 37.7 Å². The van der Waals surface area contributed by atoms with Crippen LogP contribution in [-0.2, 0) is 0 Å². The maximum Gasteiger partial charge on any atom is 0.252 e. The molecule has 0 spiro atoms. The van der Waals surface area contributed by atoms with Crippen molar-refractivity contribution in [2.24, 2.45) is 0 Å². The van der Waals surface area contributed by atoms with E-state index < -0.39 is 5.60 Å². The Labute approximate surface area is 170 Å². The van der Waals surface area contributed by atoms with E-state index in [1.165, 1.54) is 0 Å². The normalized spacial score (nSPS) is 15.7. The van der Waals surface area contributed by atoms with Gasteiger partial charge in [0.25, 0.3) is 5.91 Å². The number of carbonyl (C=O) groups is 1. The number of nitrogens with zero attached hydrogens (tertiary/aromatic N) is 3. The molecule has 1 saturated carbocycles. The van der Waals surface area contributed by atoms with Gasteiger partial charge in [-0.25, -0.2) is 4.98 Å². The molecule has 150 valence electrons. The average molecular weight is 404 g/mol. The third-order valence-electron chi connectivity index (χ3n) is 5.15. The van der Waals surface area contributed by atoms with E-state index in [1.54, 1.807) is 31.4 Å². The molecule has 2 aromatic rings. The number of carbonyl (C=O) groups excluding carboxylic acids is 1. The summed E-state index contributed by atoms with van der Waals surface area (Å²) in [6.07, 6.45) is 6.20. The van der Waals surface area contributed by atoms with Crippen molar-refractivity contribution in [3.05, 3.63) is 41.0 Å². The Bertz CT molecular complexity index is 839. The summed E-state index contributed by atoms with van der Waals surface area (Å²) in [6, 6.07) is 7.03. The highest BCUT2D eigenvalue weighted by atomic mass is 35.5. The van der Waals surface area contributed by atoms with Gasteiger partial charge in [0.2, 0.25) is 5.95 Å².